The molecule has 0 saturated carbocycles. The third kappa shape index (κ3) is 2.69. The van der Waals surface area contributed by atoms with Crippen LogP contribution in [0.25, 0.3) is 0 Å². The number of hydrogen-bond acceptors (Lipinski definition) is 3. The molecule has 0 radical (unpaired) electrons. The van der Waals surface area contributed by atoms with E-state index in [4.69, 9.17) is 14.6 Å². The maximum absolute atomic E-state index is 13.7. The van der Waals surface area contributed by atoms with Gasteiger partial charge in [0.2, 0.25) is 6.79 Å². The van der Waals surface area contributed by atoms with Gasteiger partial charge in [0.1, 0.15) is 0 Å². The molecule has 110 valence electrons. The fourth-order valence-electron chi connectivity index (χ4n) is 2.09. The normalized spacial score (nSPS) is 14.4. The first-order valence-corrected chi connectivity index (χ1v) is 6.15. The van der Waals surface area contributed by atoms with E-state index in [-0.39, 0.29) is 30.1 Å². The van der Waals surface area contributed by atoms with Crippen LogP contribution in [-0.4, -0.2) is 17.9 Å². The highest BCUT2D eigenvalue weighted by Crippen LogP contribution is 2.42. The number of fused-ring (bicyclic) bond motifs is 1. The van der Waals surface area contributed by atoms with E-state index in [1.807, 2.05) is 0 Å². The average Bonchev–Trinajstić information content (AvgIpc) is 2.72. The van der Waals surface area contributed by atoms with Crippen molar-refractivity contribution in [1.82, 2.24) is 0 Å². The van der Waals surface area contributed by atoms with Crippen LogP contribution < -0.4 is 9.47 Å². The maximum atomic E-state index is 13.7. The van der Waals surface area contributed by atoms with E-state index < -0.39 is 17.3 Å². The minimum atomic E-state index is -3.08. The SMILES string of the molecule is CC(C)(Cc1cc2c(cc1C(C)(F)F)OCO2)C(=O)O. The number of ether oxygens (including phenoxy) is 2. The Balaban J connectivity index is 2.48. The summed E-state index contributed by atoms with van der Waals surface area (Å²) in [5.41, 5.74) is -1.11. The van der Waals surface area contributed by atoms with Crippen LogP contribution in [0.15, 0.2) is 12.1 Å². The second-order valence-electron chi connectivity index (χ2n) is 5.62. The van der Waals surface area contributed by atoms with E-state index in [0.29, 0.717) is 5.75 Å². The third-order valence-corrected chi connectivity index (χ3v) is 3.28. The highest BCUT2D eigenvalue weighted by atomic mass is 19.3. The number of hydrogen-bond donors (Lipinski definition) is 1. The first kappa shape index (κ1) is 14.6. The number of carbonyl (C=O) groups is 1. The largest absolute Gasteiger partial charge is 0.481 e. The molecule has 6 heteroatoms. The lowest BCUT2D eigenvalue weighted by atomic mass is 9.83. The number of halogens is 2. The summed E-state index contributed by atoms with van der Waals surface area (Å²) in [4.78, 5) is 11.2. The molecule has 0 unspecified atom stereocenters. The molecule has 1 aliphatic heterocycles. The van der Waals surface area contributed by atoms with Crippen molar-refractivity contribution in [2.75, 3.05) is 6.79 Å². The Hall–Kier alpha value is -1.85. The first-order valence-electron chi connectivity index (χ1n) is 6.15. The number of aliphatic carboxylic acids is 1. The average molecular weight is 286 g/mol. The van der Waals surface area contributed by atoms with E-state index in [9.17, 15) is 13.6 Å². The minimum Gasteiger partial charge on any atom is -0.481 e. The predicted molar refractivity (Wildman–Crippen MR) is 67.3 cm³/mol. The molecule has 0 bridgehead atoms. The fourth-order valence-corrected chi connectivity index (χ4v) is 2.09. The molecule has 4 nitrogen and oxygen atoms in total. The van der Waals surface area contributed by atoms with Crippen molar-refractivity contribution in [2.45, 2.75) is 33.1 Å². The quantitative estimate of drug-likeness (QED) is 0.923. The Morgan fingerprint density at radius 1 is 1.25 bits per heavy atom. The molecule has 1 aromatic carbocycles. The summed E-state index contributed by atoms with van der Waals surface area (Å²) < 4.78 is 37.7. The van der Waals surface area contributed by atoms with Gasteiger partial charge in [-0.25, -0.2) is 8.78 Å². The Morgan fingerprint density at radius 2 is 1.80 bits per heavy atom. The summed E-state index contributed by atoms with van der Waals surface area (Å²) in [6, 6.07) is 2.68. The van der Waals surface area contributed by atoms with Gasteiger partial charge in [0.15, 0.2) is 11.5 Å². The molecule has 0 amide bonds. The summed E-state index contributed by atoms with van der Waals surface area (Å²) in [7, 11) is 0. The van der Waals surface area contributed by atoms with Gasteiger partial charge in [-0.3, -0.25) is 4.79 Å². The lowest BCUT2D eigenvalue weighted by molar-refractivity contribution is -0.146. The smallest absolute Gasteiger partial charge is 0.309 e. The highest BCUT2D eigenvalue weighted by molar-refractivity contribution is 5.74. The predicted octanol–water partition coefficient (Wildman–Crippen LogP) is 3.18. The number of carboxylic acid groups (broad SMARTS) is 1. The molecule has 0 aliphatic carbocycles. The molecule has 20 heavy (non-hydrogen) atoms. The van der Waals surface area contributed by atoms with Crippen molar-refractivity contribution in [3.8, 4) is 11.5 Å². The fraction of sp³-hybridized carbons (Fsp3) is 0.500. The van der Waals surface area contributed by atoms with Gasteiger partial charge in [0, 0.05) is 12.5 Å². The molecule has 1 aliphatic rings. The first-order chi connectivity index (χ1) is 9.11. The van der Waals surface area contributed by atoms with Gasteiger partial charge in [0.25, 0.3) is 5.92 Å². The molecule has 0 spiro atoms. The van der Waals surface area contributed by atoms with Crippen molar-refractivity contribution in [1.29, 1.82) is 0 Å². The molecule has 0 atom stereocenters. The van der Waals surface area contributed by atoms with Crippen LogP contribution in [0.5, 0.6) is 11.5 Å². The third-order valence-electron chi connectivity index (χ3n) is 3.28. The van der Waals surface area contributed by atoms with Crippen LogP contribution in [0.3, 0.4) is 0 Å². The zero-order valence-electron chi connectivity index (χ0n) is 11.5. The van der Waals surface area contributed by atoms with Crippen molar-refractivity contribution in [2.24, 2.45) is 5.41 Å². The van der Waals surface area contributed by atoms with Crippen LogP contribution in [0, 0.1) is 5.41 Å². The number of carboxylic acids is 1. The lowest BCUT2D eigenvalue weighted by Crippen LogP contribution is -2.27. The van der Waals surface area contributed by atoms with Crippen LogP contribution >= 0.6 is 0 Å². The standard InChI is InChI=1S/C14H16F2O4/c1-13(2,12(17)18)6-8-4-10-11(20-7-19-10)5-9(8)14(3,15)16/h4-5H,6-7H2,1-3H3,(H,17,18). The van der Waals surface area contributed by atoms with E-state index in [1.165, 1.54) is 26.0 Å². The second-order valence-corrected chi connectivity index (χ2v) is 5.62. The van der Waals surface area contributed by atoms with Crippen molar-refractivity contribution in [3.05, 3.63) is 23.3 Å². The second kappa shape index (κ2) is 4.61. The molecule has 1 aromatic rings. The number of benzene rings is 1. The van der Waals surface area contributed by atoms with Crippen LogP contribution in [0.4, 0.5) is 8.78 Å². The Morgan fingerprint density at radius 3 is 2.30 bits per heavy atom. The van der Waals surface area contributed by atoms with Gasteiger partial charge in [-0.1, -0.05) is 0 Å². The van der Waals surface area contributed by atoms with E-state index >= 15 is 0 Å². The Bertz CT molecular complexity index is 547. The van der Waals surface area contributed by atoms with E-state index in [1.54, 1.807) is 0 Å². The van der Waals surface area contributed by atoms with Gasteiger partial charge < -0.3 is 14.6 Å². The molecule has 2 rings (SSSR count). The van der Waals surface area contributed by atoms with Gasteiger partial charge in [-0.15, -0.1) is 0 Å². The minimum absolute atomic E-state index is 0.0161. The molecule has 0 fully saturated rings. The molecule has 0 saturated heterocycles. The summed E-state index contributed by atoms with van der Waals surface area (Å²) in [6.45, 7) is 3.76. The summed E-state index contributed by atoms with van der Waals surface area (Å²) >= 11 is 0. The van der Waals surface area contributed by atoms with Crippen LogP contribution in [-0.2, 0) is 17.1 Å². The van der Waals surface area contributed by atoms with Crippen molar-refractivity contribution in [3.63, 3.8) is 0 Å². The Labute approximate surface area is 115 Å². The summed E-state index contributed by atoms with van der Waals surface area (Å²) in [6.07, 6.45) is -0.0161. The van der Waals surface area contributed by atoms with Gasteiger partial charge in [0.05, 0.1) is 5.41 Å². The summed E-state index contributed by atoms with van der Waals surface area (Å²) in [5.74, 6) is -3.49. The number of rotatable bonds is 4. The van der Waals surface area contributed by atoms with E-state index in [0.717, 1.165) is 6.92 Å². The molecular weight excluding hydrogens is 270 g/mol. The topological polar surface area (TPSA) is 55.8 Å². The molecular formula is C14H16F2O4. The van der Waals surface area contributed by atoms with Gasteiger partial charge >= 0.3 is 5.97 Å². The molecule has 0 aromatic heterocycles. The zero-order chi connectivity index (χ0) is 15.1. The van der Waals surface area contributed by atoms with Crippen LogP contribution in [0.1, 0.15) is 31.9 Å². The van der Waals surface area contributed by atoms with Gasteiger partial charge in [-0.05, 0) is 38.0 Å². The molecule has 1 N–H and O–H groups in total. The van der Waals surface area contributed by atoms with Crippen molar-refractivity contribution < 1.29 is 28.2 Å². The monoisotopic (exact) mass is 286 g/mol. The molecule has 1 heterocycles. The van der Waals surface area contributed by atoms with Crippen LogP contribution in [0.2, 0.25) is 0 Å². The van der Waals surface area contributed by atoms with Gasteiger partial charge in [-0.2, -0.15) is 0 Å². The Kier molecular flexibility index (Phi) is 3.36. The highest BCUT2D eigenvalue weighted by Gasteiger charge is 2.35. The zero-order valence-corrected chi connectivity index (χ0v) is 11.5. The number of alkyl halides is 2. The maximum Gasteiger partial charge on any atom is 0.309 e. The van der Waals surface area contributed by atoms with E-state index in [2.05, 4.69) is 0 Å². The van der Waals surface area contributed by atoms with Crippen molar-refractivity contribution >= 4 is 5.97 Å². The summed E-state index contributed by atoms with van der Waals surface area (Å²) in [5, 5.41) is 9.15. The lowest BCUT2D eigenvalue weighted by Gasteiger charge is -2.23.